The van der Waals surface area contributed by atoms with Gasteiger partial charge in [-0.05, 0) is 55.0 Å². The first-order valence-corrected chi connectivity index (χ1v) is 6.91. The van der Waals surface area contributed by atoms with Crippen molar-refractivity contribution in [3.8, 4) is 0 Å². The molecule has 2 heterocycles. The molecule has 23 heavy (non-hydrogen) atoms. The van der Waals surface area contributed by atoms with Crippen molar-refractivity contribution in [2.45, 2.75) is 6.92 Å². The predicted molar refractivity (Wildman–Crippen MR) is 86.2 cm³/mol. The predicted octanol–water partition coefficient (Wildman–Crippen LogP) is 2.59. The number of benzene rings is 1. The van der Waals surface area contributed by atoms with Crippen molar-refractivity contribution < 1.29 is 14.7 Å². The average Bonchev–Trinajstić information content (AvgIpc) is 2.84. The van der Waals surface area contributed by atoms with Crippen LogP contribution in [0, 0.1) is 0 Å². The molecule has 0 radical (unpaired) electrons. The molecule has 1 aliphatic heterocycles. The van der Waals surface area contributed by atoms with Crippen molar-refractivity contribution in [1.29, 1.82) is 0 Å². The molecule has 0 fully saturated rings. The monoisotopic (exact) mass is 307 g/mol. The molecule has 114 valence electrons. The van der Waals surface area contributed by atoms with Crippen LogP contribution >= 0.6 is 0 Å². The Hall–Kier alpha value is -3.28. The molecule has 0 spiro atoms. The number of aromatic nitrogens is 1. The van der Waals surface area contributed by atoms with Gasteiger partial charge in [0.2, 0.25) is 0 Å². The van der Waals surface area contributed by atoms with E-state index in [2.05, 4.69) is 10.1 Å². The van der Waals surface area contributed by atoms with Gasteiger partial charge in [0.25, 0.3) is 5.91 Å². The Morgan fingerprint density at radius 3 is 2.39 bits per heavy atom. The van der Waals surface area contributed by atoms with E-state index in [-0.39, 0.29) is 11.5 Å². The number of amides is 1. The maximum atomic E-state index is 12.6. The number of aromatic carboxylic acids is 1. The second-order valence-electron chi connectivity index (χ2n) is 4.99. The van der Waals surface area contributed by atoms with Crippen LogP contribution in [0.2, 0.25) is 0 Å². The molecule has 0 bridgehead atoms. The van der Waals surface area contributed by atoms with Crippen molar-refractivity contribution in [2.75, 3.05) is 5.01 Å². The Labute approximate surface area is 132 Å². The number of hydrazone groups is 1. The molecule has 1 aliphatic rings. The molecular formula is C17H13N3O3. The molecule has 0 unspecified atom stereocenters. The zero-order chi connectivity index (χ0) is 16.4. The first kappa shape index (κ1) is 14.6. The number of hydrogen-bond acceptors (Lipinski definition) is 4. The number of rotatable bonds is 3. The van der Waals surface area contributed by atoms with E-state index in [1.54, 1.807) is 49.7 Å². The summed E-state index contributed by atoms with van der Waals surface area (Å²) in [7, 11) is 0. The summed E-state index contributed by atoms with van der Waals surface area (Å²) in [4.78, 5) is 27.4. The Bertz CT molecular complexity index is 824. The van der Waals surface area contributed by atoms with Crippen molar-refractivity contribution in [3.05, 3.63) is 65.5 Å². The first-order valence-electron chi connectivity index (χ1n) is 6.91. The highest BCUT2D eigenvalue weighted by Crippen LogP contribution is 2.25. The van der Waals surface area contributed by atoms with Gasteiger partial charge in [-0.25, -0.2) is 4.79 Å². The van der Waals surface area contributed by atoms with E-state index in [0.29, 0.717) is 17.0 Å². The summed E-state index contributed by atoms with van der Waals surface area (Å²) in [6.07, 6.45) is 5.07. The van der Waals surface area contributed by atoms with Crippen LogP contribution in [-0.2, 0) is 4.79 Å². The molecule has 6 heteroatoms. The third kappa shape index (κ3) is 2.87. The minimum atomic E-state index is -1.01. The molecule has 1 aromatic heterocycles. The van der Waals surface area contributed by atoms with Gasteiger partial charge in [-0.1, -0.05) is 0 Å². The van der Waals surface area contributed by atoms with Gasteiger partial charge in [-0.2, -0.15) is 10.1 Å². The Balaban J connectivity index is 1.91. The Morgan fingerprint density at radius 2 is 1.78 bits per heavy atom. The summed E-state index contributed by atoms with van der Waals surface area (Å²) in [5, 5.41) is 14.5. The molecule has 0 saturated carbocycles. The van der Waals surface area contributed by atoms with Gasteiger partial charge >= 0.3 is 5.97 Å². The average molecular weight is 307 g/mol. The number of carbonyl (C=O) groups is 2. The first-order chi connectivity index (χ1) is 11.1. The van der Waals surface area contributed by atoms with Crippen LogP contribution in [0.5, 0.6) is 0 Å². The third-order valence-corrected chi connectivity index (χ3v) is 3.44. The zero-order valence-corrected chi connectivity index (χ0v) is 12.3. The largest absolute Gasteiger partial charge is 0.478 e. The van der Waals surface area contributed by atoms with Crippen LogP contribution < -0.4 is 5.01 Å². The quantitative estimate of drug-likeness (QED) is 0.883. The van der Waals surface area contributed by atoms with Gasteiger partial charge in [0.05, 0.1) is 22.5 Å². The molecule has 6 nitrogen and oxygen atoms in total. The molecule has 3 rings (SSSR count). The van der Waals surface area contributed by atoms with Gasteiger partial charge in [0.1, 0.15) is 0 Å². The maximum Gasteiger partial charge on any atom is 0.335 e. The summed E-state index contributed by atoms with van der Waals surface area (Å²) in [6, 6.07) is 9.62. The standard InChI is InChI=1S/C17H13N3O3/c1-11-15(10-12-6-8-18-9-7-12)16(21)20(19-11)14-4-2-13(3-5-14)17(22)23/h2-10H,1H3,(H,22,23)/b15-10+. The van der Waals surface area contributed by atoms with E-state index in [1.807, 2.05) is 0 Å². The number of carboxylic acid groups (broad SMARTS) is 1. The zero-order valence-electron chi connectivity index (χ0n) is 12.3. The molecule has 0 aliphatic carbocycles. The summed E-state index contributed by atoms with van der Waals surface area (Å²) < 4.78 is 0. The van der Waals surface area contributed by atoms with Gasteiger partial charge < -0.3 is 5.11 Å². The second kappa shape index (κ2) is 5.84. The minimum absolute atomic E-state index is 0.161. The van der Waals surface area contributed by atoms with E-state index in [4.69, 9.17) is 5.11 Å². The summed E-state index contributed by atoms with van der Waals surface area (Å²) >= 11 is 0. The van der Waals surface area contributed by atoms with Crippen LogP contribution in [0.15, 0.2) is 59.5 Å². The van der Waals surface area contributed by atoms with E-state index >= 15 is 0 Å². The van der Waals surface area contributed by atoms with Crippen LogP contribution in [0.3, 0.4) is 0 Å². The lowest BCUT2D eigenvalue weighted by Crippen LogP contribution is -2.21. The second-order valence-corrected chi connectivity index (χ2v) is 4.99. The number of pyridine rings is 1. The summed E-state index contributed by atoms with van der Waals surface area (Å²) in [6.45, 7) is 1.76. The van der Waals surface area contributed by atoms with Crippen molar-refractivity contribution in [1.82, 2.24) is 4.98 Å². The molecule has 2 aromatic rings. The highest BCUT2D eigenvalue weighted by molar-refractivity contribution is 6.32. The number of carbonyl (C=O) groups excluding carboxylic acids is 1. The van der Waals surface area contributed by atoms with E-state index < -0.39 is 5.97 Å². The SMILES string of the molecule is CC1=NN(c2ccc(C(=O)O)cc2)C(=O)/C1=C/c1ccncc1. The molecule has 1 amide bonds. The molecule has 1 aromatic carbocycles. The fourth-order valence-electron chi connectivity index (χ4n) is 2.23. The van der Waals surface area contributed by atoms with E-state index in [1.165, 1.54) is 17.1 Å². The van der Waals surface area contributed by atoms with Gasteiger partial charge in [-0.3, -0.25) is 9.78 Å². The Kier molecular flexibility index (Phi) is 3.72. The van der Waals surface area contributed by atoms with Gasteiger partial charge in [-0.15, -0.1) is 0 Å². The number of carboxylic acids is 1. The van der Waals surface area contributed by atoms with Crippen LogP contribution in [0.25, 0.3) is 6.08 Å². The maximum absolute atomic E-state index is 12.6. The highest BCUT2D eigenvalue weighted by Gasteiger charge is 2.28. The summed E-state index contributed by atoms with van der Waals surface area (Å²) in [5.74, 6) is -1.26. The number of anilines is 1. The fourth-order valence-corrected chi connectivity index (χ4v) is 2.23. The van der Waals surface area contributed by atoms with Crippen LogP contribution in [0.1, 0.15) is 22.8 Å². The van der Waals surface area contributed by atoms with Gasteiger partial charge in [0.15, 0.2) is 0 Å². The minimum Gasteiger partial charge on any atom is -0.478 e. The number of nitrogens with zero attached hydrogens (tertiary/aromatic N) is 3. The van der Waals surface area contributed by atoms with Crippen LogP contribution in [-0.4, -0.2) is 27.7 Å². The lowest BCUT2D eigenvalue weighted by Gasteiger charge is -2.11. The summed E-state index contributed by atoms with van der Waals surface area (Å²) in [5.41, 5.74) is 2.65. The van der Waals surface area contributed by atoms with Crippen molar-refractivity contribution in [2.24, 2.45) is 5.10 Å². The van der Waals surface area contributed by atoms with Crippen molar-refractivity contribution >= 4 is 29.4 Å². The highest BCUT2D eigenvalue weighted by atomic mass is 16.4. The fraction of sp³-hybridized carbons (Fsp3) is 0.0588. The lowest BCUT2D eigenvalue weighted by atomic mass is 10.1. The van der Waals surface area contributed by atoms with Crippen molar-refractivity contribution in [3.63, 3.8) is 0 Å². The molecule has 0 saturated heterocycles. The normalized spacial score (nSPS) is 15.9. The van der Waals surface area contributed by atoms with Gasteiger partial charge in [0, 0.05) is 12.4 Å². The number of hydrogen-bond donors (Lipinski definition) is 1. The molecule has 0 atom stereocenters. The molecule has 1 N–H and O–H groups in total. The third-order valence-electron chi connectivity index (χ3n) is 3.44. The lowest BCUT2D eigenvalue weighted by molar-refractivity contribution is -0.114. The van der Waals surface area contributed by atoms with E-state index in [9.17, 15) is 9.59 Å². The van der Waals surface area contributed by atoms with E-state index in [0.717, 1.165) is 5.56 Å². The van der Waals surface area contributed by atoms with Crippen LogP contribution in [0.4, 0.5) is 5.69 Å². The topological polar surface area (TPSA) is 82.9 Å². The molecular weight excluding hydrogens is 294 g/mol. The Morgan fingerprint density at radius 1 is 1.13 bits per heavy atom. The smallest absolute Gasteiger partial charge is 0.335 e.